The Bertz CT molecular complexity index is 1340. The molecule has 0 bridgehead atoms. The van der Waals surface area contributed by atoms with Gasteiger partial charge >= 0.3 is 13.9 Å². The first-order valence-electron chi connectivity index (χ1n) is 12.2. The van der Waals surface area contributed by atoms with Crippen molar-refractivity contribution < 1.29 is 42.0 Å². The molecule has 0 aliphatic carbocycles. The summed E-state index contributed by atoms with van der Waals surface area (Å²) in [6, 6.07) is 12.3. The van der Waals surface area contributed by atoms with Crippen molar-refractivity contribution in [3.8, 4) is 0 Å². The predicted molar refractivity (Wildman–Crippen MR) is 140 cm³/mol. The summed E-state index contributed by atoms with van der Waals surface area (Å²) in [7, 11) is -3.08. The number of phosphoric acid groups is 1. The highest BCUT2D eigenvalue weighted by Crippen LogP contribution is 2.35. The number of likely N-dealkylation sites (N-methyl/N-ethyl adjacent to an activating group) is 1. The van der Waals surface area contributed by atoms with E-state index in [1.807, 2.05) is 24.3 Å². The fourth-order valence-electron chi connectivity index (χ4n) is 3.88. The fraction of sp³-hybridized carbons (Fsp3) is 0.346. The van der Waals surface area contributed by atoms with Crippen molar-refractivity contribution in [3.05, 3.63) is 71.9 Å². The number of anilines is 1. The standard InChI is InChI=1S/C26H30F2N3O7P/c1-31(24(32)13-12-18-9-6-11-22(27)25(18)28)21(10-4-5-14-38-39(34,35)36)17-37-26(33)30-23-15-19-7-2-3-8-20(19)16-29-23/h2-3,6-9,11,15-16,21H,4-5,10,12-14,17H2,1H3,(H,29,30,33)(H2,34,35,36)/t21-/m0/s1. The lowest BCUT2D eigenvalue weighted by atomic mass is 10.1. The second-order valence-corrected chi connectivity index (χ2v) is 10.1. The largest absolute Gasteiger partial charge is 0.469 e. The molecule has 2 amide bonds. The number of hydrogen-bond acceptors (Lipinski definition) is 6. The Morgan fingerprint density at radius 2 is 1.85 bits per heavy atom. The third-order valence-corrected chi connectivity index (χ3v) is 6.56. The molecule has 210 valence electrons. The lowest BCUT2D eigenvalue weighted by molar-refractivity contribution is -0.133. The highest BCUT2D eigenvalue weighted by Gasteiger charge is 2.23. The van der Waals surface area contributed by atoms with Crippen molar-refractivity contribution in [2.75, 3.05) is 25.6 Å². The SMILES string of the molecule is CN(C(=O)CCc1cccc(F)c1F)[C@@H](CCCCOP(=O)(O)O)COC(=O)Nc1cc2ccccc2cn1. The summed E-state index contributed by atoms with van der Waals surface area (Å²) in [5.41, 5.74) is 0.0707. The number of carbonyl (C=O) groups excluding carboxylic acids is 2. The third kappa shape index (κ3) is 9.67. The number of aromatic nitrogens is 1. The maximum atomic E-state index is 14.0. The first kappa shape index (κ1) is 30.1. The van der Waals surface area contributed by atoms with Crippen LogP contribution in [0.15, 0.2) is 54.7 Å². The van der Waals surface area contributed by atoms with Gasteiger partial charge in [-0.2, -0.15) is 0 Å². The Hall–Kier alpha value is -3.44. The molecule has 3 rings (SSSR count). The Balaban J connectivity index is 1.58. The highest BCUT2D eigenvalue weighted by molar-refractivity contribution is 7.46. The van der Waals surface area contributed by atoms with E-state index in [4.69, 9.17) is 14.5 Å². The van der Waals surface area contributed by atoms with Crippen molar-refractivity contribution in [2.45, 2.75) is 38.1 Å². The number of nitrogens with zero attached hydrogens (tertiary/aromatic N) is 2. The maximum absolute atomic E-state index is 14.0. The van der Waals surface area contributed by atoms with E-state index in [-0.39, 0.29) is 49.8 Å². The van der Waals surface area contributed by atoms with E-state index < -0.39 is 31.6 Å². The fourth-order valence-corrected chi connectivity index (χ4v) is 4.25. The zero-order valence-corrected chi connectivity index (χ0v) is 22.2. The number of halogens is 2. The zero-order valence-electron chi connectivity index (χ0n) is 21.3. The number of hydrogen-bond donors (Lipinski definition) is 3. The van der Waals surface area contributed by atoms with Crippen LogP contribution in [0.3, 0.4) is 0 Å². The van der Waals surface area contributed by atoms with Crippen LogP contribution in [0.25, 0.3) is 10.8 Å². The molecule has 1 heterocycles. The van der Waals surface area contributed by atoms with Gasteiger partial charge in [-0.3, -0.25) is 14.6 Å². The Labute approximate surface area is 224 Å². The molecule has 0 saturated heterocycles. The van der Waals surface area contributed by atoms with Crippen LogP contribution in [0.5, 0.6) is 0 Å². The Morgan fingerprint density at radius 3 is 2.59 bits per heavy atom. The number of amides is 2. The Morgan fingerprint density at radius 1 is 1.10 bits per heavy atom. The number of unbranched alkanes of at least 4 members (excludes halogenated alkanes) is 1. The molecule has 2 aromatic carbocycles. The minimum Gasteiger partial charge on any atom is -0.447 e. The molecular formula is C26H30F2N3O7P. The van der Waals surface area contributed by atoms with Crippen LogP contribution in [-0.2, 0) is 25.0 Å². The second kappa shape index (κ2) is 14.1. The van der Waals surface area contributed by atoms with E-state index in [0.717, 1.165) is 16.8 Å². The highest BCUT2D eigenvalue weighted by atomic mass is 31.2. The average molecular weight is 566 g/mol. The summed E-state index contributed by atoms with van der Waals surface area (Å²) in [6.07, 6.45) is 1.70. The van der Waals surface area contributed by atoms with Gasteiger partial charge in [-0.05, 0) is 48.8 Å². The normalized spacial score (nSPS) is 12.2. The van der Waals surface area contributed by atoms with Crippen molar-refractivity contribution in [3.63, 3.8) is 0 Å². The van der Waals surface area contributed by atoms with Gasteiger partial charge in [-0.1, -0.05) is 36.4 Å². The minimum atomic E-state index is -4.59. The monoisotopic (exact) mass is 565 g/mol. The van der Waals surface area contributed by atoms with E-state index in [0.29, 0.717) is 12.8 Å². The number of benzene rings is 2. The number of aryl methyl sites for hydroxylation is 1. The number of pyridine rings is 1. The smallest absolute Gasteiger partial charge is 0.447 e. The van der Waals surface area contributed by atoms with Crippen LogP contribution in [-0.4, -0.2) is 58.0 Å². The molecule has 0 aliphatic rings. The van der Waals surface area contributed by atoms with E-state index in [2.05, 4.69) is 14.8 Å². The van der Waals surface area contributed by atoms with E-state index in [1.54, 1.807) is 12.3 Å². The summed E-state index contributed by atoms with van der Waals surface area (Å²) in [6.45, 7) is -0.377. The van der Waals surface area contributed by atoms with Crippen LogP contribution in [0.4, 0.5) is 19.4 Å². The van der Waals surface area contributed by atoms with Gasteiger partial charge in [0.2, 0.25) is 5.91 Å². The van der Waals surface area contributed by atoms with Crippen LogP contribution in [0.2, 0.25) is 0 Å². The summed E-state index contributed by atoms with van der Waals surface area (Å²) >= 11 is 0. The quantitative estimate of drug-likeness (QED) is 0.199. The van der Waals surface area contributed by atoms with E-state index in [1.165, 1.54) is 24.1 Å². The van der Waals surface area contributed by atoms with Crippen LogP contribution in [0.1, 0.15) is 31.2 Å². The van der Waals surface area contributed by atoms with Gasteiger partial charge in [-0.15, -0.1) is 0 Å². The number of fused-ring (bicyclic) bond motifs is 1. The molecule has 10 nitrogen and oxygen atoms in total. The topological polar surface area (TPSA) is 138 Å². The predicted octanol–water partition coefficient (Wildman–Crippen LogP) is 4.80. The minimum absolute atomic E-state index is 0.0232. The first-order chi connectivity index (χ1) is 18.5. The van der Waals surface area contributed by atoms with Gasteiger partial charge < -0.3 is 19.4 Å². The number of rotatable bonds is 13. The second-order valence-electron chi connectivity index (χ2n) is 8.83. The lowest BCUT2D eigenvalue weighted by Crippen LogP contribution is -2.41. The van der Waals surface area contributed by atoms with Crippen molar-refractivity contribution in [2.24, 2.45) is 0 Å². The third-order valence-electron chi connectivity index (χ3n) is 6.04. The maximum Gasteiger partial charge on any atom is 0.469 e. The zero-order chi connectivity index (χ0) is 28.4. The molecule has 0 fully saturated rings. The van der Waals surface area contributed by atoms with E-state index >= 15 is 0 Å². The van der Waals surface area contributed by atoms with Gasteiger partial charge in [0.1, 0.15) is 12.4 Å². The van der Waals surface area contributed by atoms with Gasteiger partial charge in [0.05, 0.1) is 12.6 Å². The molecule has 0 unspecified atom stereocenters. The van der Waals surface area contributed by atoms with Crippen LogP contribution < -0.4 is 5.32 Å². The number of phosphoric ester groups is 1. The van der Waals surface area contributed by atoms with Gasteiger partial charge in [0.15, 0.2) is 11.6 Å². The van der Waals surface area contributed by atoms with Crippen LogP contribution in [0, 0.1) is 11.6 Å². The lowest BCUT2D eigenvalue weighted by Gasteiger charge is -2.28. The van der Waals surface area contributed by atoms with Crippen molar-refractivity contribution >= 4 is 36.4 Å². The average Bonchev–Trinajstić information content (AvgIpc) is 2.89. The summed E-state index contributed by atoms with van der Waals surface area (Å²) in [5.74, 6) is -2.09. The van der Waals surface area contributed by atoms with Crippen LogP contribution >= 0.6 is 7.82 Å². The molecule has 0 aliphatic heterocycles. The molecular weight excluding hydrogens is 535 g/mol. The molecule has 0 radical (unpaired) electrons. The molecule has 0 spiro atoms. The number of carbonyl (C=O) groups is 2. The summed E-state index contributed by atoms with van der Waals surface area (Å²) in [5, 5.41) is 4.32. The number of ether oxygens (including phenoxy) is 1. The van der Waals surface area contributed by atoms with Gasteiger partial charge in [-0.25, -0.2) is 23.1 Å². The number of nitrogens with one attached hydrogen (secondary N) is 1. The molecule has 39 heavy (non-hydrogen) atoms. The first-order valence-corrected chi connectivity index (χ1v) is 13.7. The Kier molecular flexibility index (Phi) is 10.9. The van der Waals surface area contributed by atoms with E-state index in [9.17, 15) is 22.9 Å². The molecule has 3 aromatic rings. The molecule has 0 saturated carbocycles. The summed E-state index contributed by atoms with van der Waals surface area (Å²) in [4.78, 5) is 48.5. The molecule has 1 aromatic heterocycles. The van der Waals surface area contributed by atoms with Gasteiger partial charge in [0.25, 0.3) is 0 Å². The molecule has 1 atom stereocenters. The molecule has 3 N–H and O–H groups in total. The molecule has 13 heteroatoms. The van der Waals surface area contributed by atoms with Crippen molar-refractivity contribution in [1.29, 1.82) is 0 Å². The van der Waals surface area contributed by atoms with Crippen molar-refractivity contribution in [1.82, 2.24) is 9.88 Å². The summed E-state index contributed by atoms with van der Waals surface area (Å²) < 4.78 is 48.1. The van der Waals surface area contributed by atoms with Gasteiger partial charge in [0, 0.05) is 25.1 Å².